The molecule has 0 radical (unpaired) electrons. The SMILES string of the molecule is COc1ccc([C@H]2CCN(C3CCN(Cc4ccc(F)cc4)C3)C[C@@H]2O)cc1. The van der Waals surface area contributed by atoms with E-state index in [0.717, 1.165) is 56.9 Å². The molecule has 0 bridgehead atoms. The molecule has 1 unspecified atom stereocenters. The number of benzene rings is 2. The smallest absolute Gasteiger partial charge is 0.123 e. The van der Waals surface area contributed by atoms with Gasteiger partial charge in [0.05, 0.1) is 13.2 Å². The second kappa shape index (κ2) is 8.60. The number of piperidine rings is 1. The first kappa shape index (κ1) is 19.4. The Morgan fingerprint density at radius 2 is 1.75 bits per heavy atom. The number of rotatable bonds is 5. The quantitative estimate of drug-likeness (QED) is 0.858. The molecular formula is C23H29FN2O2. The molecule has 2 aliphatic heterocycles. The van der Waals surface area contributed by atoms with Crippen molar-refractivity contribution in [3.8, 4) is 5.75 Å². The van der Waals surface area contributed by atoms with Gasteiger partial charge in [0, 0.05) is 38.1 Å². The summed E-state index contributed by atoms with van der Waals surface area (Å²) in [6, 6.07) is 15.4. The lowest BCUT2D eigenvalue weighted by atomic mass is 9.86. The predicted octanol–water partition coefficient (Wildman–Crippen LogP) is 3.26. The summed E-state index contributed by atoms with van der Waals surface area (Å²) in [5, 5.41) is 10.8. The van der Waals surface area contributed by atoms with Crippen LogP contribution in [0.5, 0.6) is 5.75 Å². The van der Waals surface area contributed by atoms with Gasteiger partial charge in [-0.3, -0.25) is 9.80 Å². The van der Waals surface area contributed by atoms with Crippen molar-refractivity contribution in [1.82, 2.24) is 9.80 Å². The topological polar surface area (TPSA) is 35.9 Å². The van der Waals surface area contributed by atoms with Crippen LogP contribution in [0.3, 0.4) is 0 Å². The van der Waals surface area contributed by atoms with Crippen molar-refractivity contribution in [3.63, 3.8) is 0 Å². The standard InChI is InChI=1S/C23H29FN2O2/c1-28-21-8-4-18(5-9-21)22-11-13-26(16-23(22)27)20-10-12-25(15-20)14-17-2-6-19(24)7-3-17/h2-9,20,22-23,27H,10-16H2,1H3/t20?,22-,23+/m1/s1. The molecule has 0 amide bonds. The molecule has 2 aliphatic rings. The van der Waals surface area contributed by atoms with E-state index in [9.17, 15) is 9.50 Å². The van der Waals surface area contributed by atoms with E-state index in [1.165, 1.54) is 17.7 Å². The van der Waals surface area contributed by atoms with E-state index in [-0.39, 0.29) is 17.8 Å². The molecule has 150 valence electrons. The largest absolute Gasteiger partial charge is 0.497 e. The van der Waals surface area contributed by atoms with Crippen LogP contribution in [0, 0.1) is 5.82 Å². The van der Waals surface area contributed by atoms with Gasteiger partial charge in [0.15, 0.2) is 0 Å². The number of halogens is 1. The van der Waals surface area contributed by atoms with Gasteiger partial charge in [0.2, 0.25) is 0 Å². The highest BCUT2D eigenvalue weighted by Gasteiger charge is 2.35. The van der Waals surface area contributed by atoms with E-state index >= 15 is 0 Å². The minimum Gasteiger partial charge on any atom is -0.497 e. The summed E-state index contributed by atoms with van der Waals surface area (Å²) in [5.41, 5.74) is 2.35. The molecule has 3 atom stereocenters. The Morgan fingerprint density at radius 1 is 1.00 bits per heavy atom. The molecule has 0 saturated carbocycles. The lowest BCUT2D eigenvalue weighted by Crippen LogP contribution is -2.48. The third-order valence-corrected chi connectivity index (χ3v) is 6.24. The van der Waals surface area contributed by atoms with E-state index in [1.807, 2.05) is 24.3 Å². The van der Waals surface area contributed by atoms with Crippen LogP contribution >= 0.6 is 0 Å². The Morgan fingerprint density at radius 3 is 2.43 bits per heavy atom. The van der Waals surface area contributed by atoms with Crippen molar-refractivity contribution in [2.75, 3.05) is 33.3 Å². The maximum absolute atomic E-state index is 13.1. The molecule has 0 spiro atoms. The van der Waals surface area contributed by atoms with Gasteiger partial charge < -0.3 is 9.84 Å². The van der Waals surface area contributed by atoms with Crippen molar-refractivity contribution in [1.29, 1.82) is 0 Å². The maximum atomic E-state index is 13.1. The van der Waals surface area contributed by atoms with E-state index in [1.54, 1.807) is 7.11 Å². The molecule has 4 rings (SSSR count). The Kier molecular flexibility index (Phi) is 5.95. The molecule has 2 aromatic carbocycles. The van der Waals surface area contributed by atoms with Gasteiger partial charge in [-0.15, -0.1) is 0 Å². The van der Waals surface area contributed by atoms with Crippen LogP contribution in [-0.4, -0.2) is 60.3 Å². The van der Waals surface area contributed by atoms with Gasteiger partial charge in [-0.25, -0.2) is 4.39 Å². The van der Waals surface area contributed by atoms with Crippen LogP contribution in [0.25, 0.3) is 0 Å². The Labute approximate surface area is 166 Å². The second-order valence-corrected chi connectivity index (χ2v) is 8.03. The normalized spacial score (nSPS) is 26.5. The molecule has 0 aromatic heterocycles. The van der Waals surface area contributed by atoms with Crippen molar-refractivity contribution >= 4 is 0 Å². The number of β-amino-alcohol motifs (C(OH)–C–C–N with tert-alkyl or cyclic N) is 1. The summed E-state index contributed by atoms with van der Waals surface area (Å²) in [4.78, 5) is 4.88. The zero-order valence-corrected chi connectivity index (χ0v) is 16.4. The summed E-state index contributed by atoms with van der Waals surface area (Å²) < 4.78 is 18.3. The molecule has 0 aliphatic carbocycles. The number of nitrogens with zero attached hydrogens (tertiary/aromatic N) is 2. The number of aliphatic hydroxyl groups excluding tert-OH is 1. The summed E-state index contributed by atoms with van der Waals surface area (Å²) in [6.45, 7) is 4.67. The first-order chi connectivity index (χ1) is 13.6. The number of likely N-dealkylation sites (tertiary alicyclic amines) is 2. The first-order valence-electron chi connectivity index (χ1n) is 10.2. The molecule has 2 aromatic rings. The summed E-state index contributed by atoms with van der Waals surface area (Å²) >= 11 is 0. The van der Waals surface area contributed by atoms with Gasteiger partial charge in [0.25, 0.3) is 0 Å². The van der Waals surface area contributed by atoms with Gasteiger partial charge >= 0.3 is 0 Å². The average molecular weight is 384 g/mol. The molecule has 28 heavy (non-hydrogen) atoms. The molecule has 2 heterocycles. The van der Waals surface area contributed by atoms with Crippen LogP contribution in [-0.2, 0) is 6.54 Å². The monoisotopic (exact) mass is 384 g/mol. The fourth-order valence-corrected chi connectivity index (χ4v) is 4.63. The van der Waals surface area contributed by atoms with E-state index < -0.39 is 0 Å². The van der Waals surface area contributed by atoms with Crippen molar-refractivity contribution in [3.05, 3.63) is 65.5 Å². The Bertz CT molecular complexity index is 765. The van der Waals surface area contributed by atoms with Gasteiger partial charge in [-0.05, 0) is 54.8 Å². The van der Waals surface area contributed by atoms with Crippen LogP contribution in [0.4, 0.5) is 4.39 Å². The minimum atomic E-state index is -0.340. The molecule has 2 fully saturated rings. The van der Waals surface area contributed by atoms with Crippen LogP contribution in [0.15, 0.2) is 48.5 Å². The highest BCUT2D eigenvalue weighted by Crippen LogP contribution is 2.32. The fraction of sp³-hybridized carbons (Fsp3) is 0.478. The van der Waals surface area contributed by atoms with Crippen molar-refractivity contribution in [2.24, 2.45) is 0 Å². The van der Waals surface area contributed by atoms with Crippen LogP contribution in [0.1, 0.15) is 29.9 Å². The zero-order valence-electron chi connectivity index (χ0n) is 16.4. The van der Waals surface area contributed by atoms with Crippen LogP contribution in [0.2, 0.25) is 0 Å². The van der Waals surface area contributed by atoms with Crippen molar-refractivity contribution in [2.45, 2.75) is 37.5 Å². The molecule has 2 saturated heterocycles. The highest BCUT2D eigenvalue weighted by atomic mass is 19.1. The number of hydrogen-bond acceptors (Lipinski definition) is 4. The minimum absolute atomic E-state index is 0.184. The molecule has 4 nitrogen and oxygen atoms in total. The Hall–Kier alpha value is -1.95. The first-order valence-corrected chi connectivity index (χ1v) is 10.2. The third-order valence-electron chi connectivity index (χ3n) is 6.24. The lowest BCUT2D eigenvalue weighted by molar-refractivity contribution is 0.0312. The lowest BCUT2D eigenvalue weighted by Gasteiger charge is -2.39. The van der Waals surface area contributed by atoms with Gasteiger partial charge in [-0.1, -0.05) is 24.3 Å². The summed E-state index contributed by atoms with van der Waals surface area (Å²) in [5.74, 6) is 0.860. The summed E-state index contributed by atoms with van der Waals surface area (Å²) in [7, 11) is 1.67. The number of aliphatic hydroxyl groups is 1. The van der Waals surface area contributed by atoms with Crippen LogP contribution < -0.4 is 4.74 Å². The zero-order chi connectivity index (χ0) is 19.5. The van der Waals surface area contributed by atoms with E-state index in [4.69, 9.17) is 4.74 Å². The molecule has 5 heteroatoms. The Balaban J connectivity index is 1.31. The van der Waals surface area contributed by atoms with E-state index in [2.05, 4.69) is 21.9 Å². The van der Waals surface area contributed by atoms with Crippen molar-refractivity contribution < 1.29 is 14.2 Å². The summed E-state index contributed by atoms with van der Waals surface area (Å²) in [6.07, 6.45) is 1.76. The highest BCUT2D eigenvalue weighted by molar-refractivity contribution is 5.30. The van der Waals surface area contributed by atoms with E-state index in [0.29, 0.717) is 6.04 Å². The third kappa shape index (κ3) is 4.37. The molecule has 1 N–H and O–H groups in total. The average Bonchev–Trinajstić information content (AvgIpc) is 3.18. The van der Waals surface area contributed by atoms with Gasteiger partial charge in [-0.2, -0.15) is 0 Å². The maximum Gasteiger partial charge on any atom is 0.123 e. The second-order valence-electron chi connectivity index (χ2n) is 8.03. The molecular weight excluding hydrogens is 355 g/mol. The van der Waals surface area contributed by atoms with Gasteiger partial charge in [0.1, 0.15) is 11.6 Å². The predicted molar refractivity (Wildman–Crippen MR) is 108 cm³/mol. The number of methoxy groups -OCH3 is 1. The fourth-order valence-electron chi connectivity index (χ4n) is 4.63. The number of ether oxygens (including phenoxy) is 1. The number of hydrogen-bond donors (Lipinski definition) is 1.